The van der Waals surface area contributed by atoms with Crippen molar-refractivity contribution in [1.29, 1.82) is 0 Å². The molecule has 2 heterocycles. The fraction of sp³-hybridized carbons (Fsp3) is 0.500. The standard InChI is InChI=1S/C16H24N4S/c1-12(2)8-17-9-14-5-6-18-16(7-14)20(4)10-15-13(3)19-11-21-15/h5-7,11-12,17H,8-10H2,1-4H3. The Morgan fingerprint density at radius 1 is 1.33 bits per heavy atom. The number of hydrogen-bond donors (Lipinski definition) is 1. The molecule has 4 nitrogen and oxygen atoms in total. The van der Waals surface area contributed by atoms with Crippen LogP contribution in [-0.2, 0) is 13.1 Å². The van der Waals surface area contributed by atoms with Crippen LogP contribution in [0.1, 0.15) is 30.0 Å². The van der Waals surface area contributed by atoms with Gasteiger partial charge in [-0.25, -0.2) is 9.97 Å². The predicted molar refractivity (Wildman–Crippen MR) is 89.7 cm³/mol. The van der Waals surface area contributed by atoms with Crippen molar-refractivity contribution in [2.24, 2.45) is 5.92 Å². The second-order valence-corrected chi connectivity index (χ2v) is 6.70. The monoisotopic (exact) mass is 304 g/mol. The Kier molecular flexibility index (Phi) is 5.70. The maximum absolute atomic E-state index is 4.48. The quantitative estimate of drug-likeness (QED) is 0.852. The molecule has 0 aromatic carbocycles. The minimum absolute atomic E-state index is 0.670. The first-order valence-electron chi connectivity index (χ1n) is 7.32. The Labute approximate surface area is 131 Å². The molecule has 0 fully saturated rings. The maximum atomic E-state index is 4.48. The summed E-state index contributed by atoms with van der Waals surface area (Å²) in [6.07, 6.45) is 1.89. The van der Waals surface area contributed by atoms with Gasteiger partial charge in [0.25, 0.3) is 0 Å². The smallest absolute Gasteiger partial charge is 0.128 e. The SMILES string of the molecule is Cc1ncsc1CN(C)c1cc(CNCC(C)C)ccn1. The third kappa shape index (κ3) is 4.79. The normalized spacial score (nSPS) is 11.1. The first-order chi connectivity index (χ1) is 10.1. The Morgan fingerprint density at radius 3 is 2.81 bits per heavy atom. The summed E-state index contributed by atoms with van der Waals surface area (Å²) in [5, 5.41) is 3.47. The molecule has 2 aromatic rings. The van der Waals surface area contributed by atoms with E-state index in [1.165, 1.54) is 10.4 Å². The molecule has 0 saturated heterocycles. The highest BCUT2D eigenvalue weighted by Gasteiger charge is 2.08. The van der Waals surface area contributed by atoms with Crippen molar-refractivity contribution in [3.8, 4) is 0 Å². The zero-order valence-electron chi connectivity index (χ0n) is 13.3. The van der Waals surface area contributed by atoms with Crippen molar-refractivity contribution in [3.63, 3.8) is 0 Å². The summed E-state index contributed by atoms with van der Waals surface area (Å²) in [7, 11) is 2.08. The van der Waals surface area contributed by atoms with Gasteiger partial charge in [-0.15, -0.1) is 11.3 Å². The molecule has 2 aromatic heterocycles. The molecule has 0 aliphatic rings. The molecule has 0 radical (unpaired) electrons. The fourth-order valence-corrected chi connectivity index (χ4v) is 2.89. The van der Waals surface area contributed by atoms with Crippen molar-refractivity contribution < 1.29 is 0 Å². The highest BCUT2D eigenvalue weighted by molar-refractivity contribution is 7.09. The van der Waals surface area contributed by atoms with E-state index in [1.807, 2.05) is 11.7 Å². The molecule has 1 N–H and O–H groups in total. The molecule has 0 spiro atoms. The molecule has 0 amide bonds. The van der Waals surface area contributed by atoms with Crippen molar-refractivity contribution in [2.75, 3.05) is 18.5 Å². The lowest BCUT2D eigenvalue weighted by Gasteiger charge is -2.18. The Hall–Kier alpha value is -1.46. The van der Waals surface area contributed by atoms with Crippen LogP contribution in [0.4, 0.5) is 5.82 Å². The van der Waals surface area contributed by atoms with Crippen molar-refractivity contribution >= 4 is 17.2 Å². The minimum atomic E-state index is 0.670. The molecule has 0 aliphatic heterocycles. The van der Waals surface area contributed by atoms with E-state index >= 15 is 0 Å². The van der Waals surface area contributed by atoms with E-state index < -0.39 is 0 Å². The second kappa shape index (κ2) is 7.52. The number of rotatable bonds is 7. The van der Waals surface area contributed by atoms with E-state index in [4.69, 9.17) is 0 Å². The van der Waals surface area contributed by atoms with Crippen LogP contribution in [0.5, 0.6) is 0 Å². The highest BCUT2D eigenvalue weighted by Crippen LogP contribution is 2.18. The topological polar surface area (TPSA) is 41.1 Å². The molecular formula is C16H24N4S. The summed E-state index contributed by atoms with van der Waals surface area (Å²) < 4.78 is 0. The minimum Gasteiger partial charge on any atom is -0.354 e. The summed E-state index contributed by atoms with van der Waals surface area (Å²) in [5.74, 6) is 1.68. The summed E-state index contributed by atoms with van der Waals surface area (Å²) in [6, 6.07) is 4.23. The van der Waals surface area contributed by atoms with Gasteiger partial charge in [-0.3, -0.25) is 0 Å². The van der Waals surface area contributed by atoms with Crippen LogP contribution in [0.2, 0.25) is 0 Å². The third-order valence-corrected chi connectivity index (χ3v) is 4.23. The zero-order chi connectivity index (χ0) is 15.2. The predicted octanol–water partition coefficient (Wildman–Crippen LogP) is 3.23. The van der Waals surface area contributed by atoms with Crippen LogP contribution >= 0.6 is 11.3 Å². The molecular weight excluding hydrogens is 280 g/mol. The van der Waals surface area contributed by atoms with Gasteiger partial charge in [-0.2, -0.15) is 0 Å². The molecule has 0 atom stereocenters. The van der Waals surface area contributed by atoms with Gasteiger partial charge in [-0.1, -0.05) is 13.8 Å². The van der Waals surface area contributed by atoms with Gasteiger partial charge in [0.15, 0.2) is 0 Å². The average molecular weight is 304 g/mol. The summed E-state index contributed by atoms with van der Waals surface area (Å²) in [5.41, 5.74) is 4.29. The van der Waals surface area contributed by atoms with Gasteiger partial charge in [-0.05, 0) is 37.1 Å². The largest absolute Gasteiger partial charge is 0.354 e. The molecule has 0 saturated carbocycles. The van der Waals surface area contributed by atoms with E-state index in [0.29, 0.717) is 5.92 Å². The third-order valence-electron chi connectivity index (χ3n) is 3.31. The van der Waals surface area contributed by atoms with Crippen LogP contribution in [0.3, 0.4) is 0 Å². The number of pyridine rings is 1. The highest BCUT2D eigenvalue weighted by atomic mass is 32.1. The van der Waals surface area contributed by atoms with E-state index in [1.54, 1.807) is 11.3 Å². The summed E-state index contributed by atoms with van der Waals surface area (Å²) in [6.45, 7) is 9.27. The number of nitrogens with zero attached hydrogens (tertiary/aromatic N) is 3. The molecule has 2 rings (SSSR count). The van der Waals surface area contributed by atoms with E-state index in [0.717, 1.165) is 31.1 Å². The molecule has 0 unspecified atom stereocenters. The number of hydrogen-bond acceptors (Lipinski definition) is 5. The van der Waals surface area contributed by atoms with Crippen molar-refractivity contribution in [3.05, 3.63) is 40.0 Å². The number of aromatic nitrogens is 2. The van der Waals surface area contributed by atoms with Crippen LogP contribution in [0.25, 0.3) is 0 Å². The Morgan fingerprint density at radius 2 is 2.14 bits per heavy atom. The first kappa shape index (κ1) is 15.9. The van der Waals surface area contributed by atoms with Crippen LogP contribution in [-0.4, -0.2) is 23.6 Å². The van der Waals surface area contributed by atoms with Crippen LogP contribution < -0.4 is 10.2 Å². The molecule has 5 heteroatoms. The van der Waals surface area contributed by atoms with E-state index in [9.17, 15) is 0 Å². The van der Waals surface area contributed by atoms with Gasteiger partial charge in [0.2, 0.25) is 0 Å². The van der Waals surface area contributed by atoms with Gasteiger partial charge >= 0.3 is 0 Å². The lowest BCUT2D eigenvalue weighted by molar-refractivity contribution is 0.552. The van der Waals surface area contributed by atoms with Crippen molar-refractivity contribution in [1.82, 2.24) is 15.3 Å². The second-order valence-electron chi connectivity index (χ2n) is 5.76. The van der Waals surface area contributed by atoms with E-state index in [2.05, 4.69) is 60.1 Å². The van der Waals surface area contributed by atoms with Gasteiger partial charge in [0.05, 0.1) is 17.7 Å². The van der Waals surface area contributed by atoms with Gasteiger partial charge in [0, 0.05) is 24.7 Å². The summed E-state index contributed by atoms with van der Waals surface area (Å²) >= 11 is 1.70. The first-order valence-corrected chi connectivity index (χ1v) is 8.20. The molecule has 0 aliphatic carbocycles. The van der Waals surface area contributed by atoms with Crippen molar-refractivity contribution in [2.45, 2.75) is 33.9 Å². The fourth-order valence-electron chi connectivity index (χ4n) is 2.06. The lowest BCUT2D eigenvalue weighted by Crippen LogP contribution is -2.20. The average Bonchev–Trinajstić information content (AvgIpc) is 2.84. The van der Waals surface area contributed by atoms with E-state index in [-0.39, 0.29) is 0 Å². The zero-order valence-corrected chi connectivity index (χ0v) is 14.1. The number of anilines is 1. The molecule has 21 heavy (non-hydrogen) atoms. The Balaban J connectivity index is 1.97. The number of nitrogens with one attached hydrogen (secondary N) is 1. The summed E-state index contributed by atoms with van der Waals surface area (Å²) in [4.78, 5) is 12.2. The molecule has 0 bridgehead atoms. The number of aryl methyl sites for hydroxylation is 1. The maximum Gasteiger partial charge on any atom is 0.128 e. The number of thiazole rings is 1. The van der Waals surface area contributed by atoms with Gasteiger partial charge < -0.3 is 10.2 Å². The van der Waals surface area contributed by atoms with Crippen LogP contribution in [0.15, 0.2) is 23.8 Å². The molecule has 114 valence electrons. The lowest BCUT2D eigenvalue weighted by atomic mass is 10.2. The Bertz CT molecular complexity index is 565. The van der Waals surface area contributed by atoms with Crippen LogP contribution in [0, 0.1) is 12.8 Å². The van der Waals surface area contributed by atoms with Gasteiger partial charge in [0.1, 0.15) is 5.82 Å².